The Labute approximate surface area is 178 Å². The van der Waals surface area contributed by atoms with Crippen LogP contribution in [0.15, 0.2) is 54.7 Å². The average molecular weight is 414 g/mol. The van der Waals surface area contributed by atoms with Crippen LogP contribution < -0.4 is 20.5 Å². The SMILES string of the molecule is NCCNC(=O)c1ccn2c1Cc1c([nH]c3ccccc13)C2c1ccc2c(c1)OCO2. The van der Waals surface area contributed by atoms with Gasteiger partial charge in [0.05, 0.1) is 11.6 Å². The molecule has 4 heterocycles. The number of benzene rings is 2. The van der Waals surface area contributed by atoms with Gasteiger partial charge in [-0.3, -0.25) is 4.79 Å². The number of rotatable bonds is 4. The standard InChI is InChI=1S/C24H22N4O3/c25-8-9-26-24(29)16-7-10-28-19(16)12-17-15-3-1-2-4-18(15)27-22(17)23(28)14-5-6-20-21(11-14)31-13-30-20/h1-7,10-11,23,27H,8-9,12-13,25H2,(H,26,29). The molecule has 1 amide bonds. The molecule has 156 valence electrons. The Morgan fingerprint density at radius 1 is 1.16 bits per heavy atom. The zero-order valence-corrected chi connectivity index (χ0v) is 16.9. The summed E-state index contributed by atoms with van der Waals surface area (Å²) in [5.41, 5.74) is 11.8. The van der Waals surface area contributed by atoms with Crippen LogP contribution in [-0.4, -0.2) is 35.3 Å². The second kappa shape index (κ2) is 6.92. The number of hydrogen-bond acceptors (Lipinski definition) is 4. The number of nitrogens with zero attached hydrogens (tertiary/aromatic N) is 1. The van der Waals surface area contributed by atoms with Crippen molar-refractivity contribution in [2.75, 3.05) is 19.9 Å². The summed E-state index contributed by atoms with van der Waals surface area (Å²) in [6, 6.07) is 16.2. The van der Waals surface area contributed by atoms with E-state index in [1.165, 1.54) is 10.9 Å². The third kappa shape index (κ3) is 2.74. The predicted molar refractivity (Wildman–Crippen MR) is 117 cm³/mol. The van der Waals surface area contributed by atoms with E-state index in [0.29, 0.717) is 25.1 Å². The largest absolute Gasteiger partial charge is 0.454 e. The molecule has 2 aromatic heterocycles. The van der Waals surface area contributed by atoms with Gasteiger partial charge < -0.3 is 30.1 Å². The summed E-state index contributed by atoms with van der Waals surface area (Å²) in [7, 11) is 0. The molecule has 31 heavy (non-hydrogen) atoms. The number of aromatic nitrogens is 2. The molecule has 0 radical (unpaired) electrons. The lowest BCUT2D eigenvalue weighted by molar-refractivity contribution is 0.0953. The normalized spacial score (nSPS) is 16.2. The fraction of sp³-hybridized carbons (Fsp3) is 0.208. The molecule has 0 saturated heterocycles. The number of H-pyrrole nitrogens is 1. The Morgan fingerprint density at radius 2 is 2.03 bits per heavy atom. The van der Waals surface area contributed by atoms with Gasteiger partial charge in [0.25, 0.3) is 5.91 Å². The fourth-order valence-corrected chi connectivity index (χ4v) is 4.76. The van der Waals surface area contributed by atoms with E-state index in [0.717, 1.165) is 34.0 Å². The van der Waals surface area contributed by atoms with Crippen LogP contribution in [0.3, 0.4) is 0 Å². The molecule has 4 aromatic rings. The summed E-state index contributed by atoms with van der Waals surface area (Å²) in [4.78, 5) is 16.5. The first-order valence-electron chi connectivity index (χ1n) is 10.4. The van der Waals surface area contributed by atoms with Crippen molar-refractivity contribution < 1.29 is 14.3 Å². The molecule has 0 spiro atoms. The van der Waals surface area contributed by atoms with Gasteiger partial charge in [0.1, 0.15) is 0 Å². The minimum atomic E-state index is -0.100. The highest BCUT2D eigenvalue weighted by atomic mass is 16.7. The third-order valence-electron chi connectivity index (χ3n) is 6.15. The van der Waals surface area contributed by atoms with Crippen molar-refractivity contribution in [3.63, 3.8) is 0 Å². The maximum absolute atomic E-state index is 12.8. The van der Waals surface area contributed by atoms with Gasteiger partial charge in [-0.05, 0) is 35.4 Å². The molecular formula is C24H22N4O3. The maximum Gasteiger partial charge on any atom is 0.253 e. The third-order valence-corrected chi connectivity index (χ3v) is 6.15. The van der Waals surface area contributed by atoms with E-state index in [1.54, 1.807) is 0 Å². The number of nitrogens with one attached hydrogen (secondary N) is 2. The van der Waals surface area contributed by atoms with Crippen LogP contribution in [0.25, 0.3) is 10.9 Å². The zero-order valence-electron chi connectivity index (χ0n) is 16.9. The number of ether oxygens (including phenoxy) is 2. The second-order valence-electron chi connectivity index (χ2n) is 7.88. The molecular weight excluding hydrogens is 392 g/mol. The summed E-state index contributed by atoms with van der Waals surface area (Å²) in [5.74, 6) is 1.41. The van der Waals surface area contributed by atoms with Gasteiger partial charge in [-0.15, -0.1) is 0 Å². The summed E-state index contributed by atoms with van der Waals surface area (Å²) in [5, 5.41) is 4.09. The minimum Gasteiger partial charge on any atom is -0.454 e. The van der Waals surface area contributed by atoms with E-state index in [4.69, 9.17) is 15.2 Å². The first-order chi connectivity index (χ1) is 15.2. The van der Waals surface area contributed by atoms with E-state index in [9.17, 15) is 4.79 Å². The topological polar surface area (TPSA) is 94.3 Å². The lowest BCUT2D eigenvalue weighted by Gasteiger charge is -2.28. The number of fused-ring (bicyclic) bond motifs is 5. The number of nitrogens with two attached hydrogens (primary N) is 1. The van der Waals surface area contributed by atoms with Crippen molar-refractivity contribution in [2.24, 2.45) is 5.73 Å². The van der Waals surface area contributed by atoms with E-state index >= 15 is 0 Å². The van der Waals surface area contributed by atoms with Gasteiger partial charge in [0.15, 0.2) is 11.5 Å². The molecule has 1 atom stereocenters. The van der Waals surface area contributed by atoms with Gasteiger partial charge in [-0.2, -0.15) is 0 Å². The molecule has 6 rings (SSSR count). The zero-order chi connectivity index (χ0) is 20.9. The molecule has 2 aliphatic heterocycles. The molecule has 0 saturated carbocycles. The molecule has 2 aromatic carbocycles. The van der Waals surface area contributed by atoms with Crippen LogP contribution in [0.5, 0.6) is 11.5 Å². The van der Waals surface area contributed by atoms with E-state index < -0.39 is 0 Å². The number of aromatic amines is 1. The summed E-state index contributed by atoms with van der Waals surface area (Å²) >= 11 is 0. The molecule has 0 bridgehead atoms. The van der Waals surface area contributed by atoms with Crippen molar-refractivity contribution in [3.8, 4) is 11.5 Å². The molecule has 2 aliphatic rings. The van der Waals surface area contributed by atoms with Gasteiger partial charge >= 0.3 is 0 Å². The highest BCUT2D eigenvalue weighted by Gasteiger charge is 2.33. The fourth-order valence-electron chi connectivity index (χ4n) is 4.76. The van der Waals surface area contributed by atoms with Crippen molar-refractivity contribution in [3.05, 3.63) is 82.8 Å². The van der Waals surface area contributed by atoms with E-state index in [-0.39, 0.29) is 18.7 Å². The van der Waals surface area contributed by atoms with Crippen LogP contribution >= 0.6 is 0 Å². The lowest BCUT2D eigenvalue weighted by Crippen LogP contribution is -2.30. The van der Waals surface area contributed by atoms with Crippen molar-refractivity contribution in [1.82, 2.24) is 14.9 Å². The van der Waals surface area contributed by atoms with Crippen molar-refractivity contribution >= 4 is 16.8 Å². The van der Waals surface area contributed by atoms with E-state index in [2.05, 4.69) is 39.1 Å². The minimum absolute atomic E-state index is 0.0908. The second-order valence-corrected chi connectivity index (χ2v) is 7.88. The number of carbonyl (C=O) groups is 1. The number of para-hydroxylation sites is 1. The first kappa shape index (κ1) is 18.1. The van der Waals surface area contributed by atoms with Gasteiger partial charge in [-0.25, -0.2) is 0 Å². The number of amides is 1. The van der Waals surface area contributed by atoms with Gasteiger partial charge in [-0.1, -0.05) is 24.3 Å². The molecule has 4 N–H and O–H groups in total. The van der Waals surface area contributed by atoms with Crippen molar-refractivity contribution in [2.45, 2.75) is 12.5 Å². The molecule has 0 aliphatic carbocycles. The van der Waals surface area contributed by atoms with Crippen LogP contribution in [0.1, 0.15) is 38.9 Å². The lowest BCUT2D eigenvalue weighted by atomic mass is 9.92. The Hall–Kier alpha value is -3.71. The van der Waals surface area contributed by atoms with E-state index in [1.807, 2.05) is 30.5 Å². The smallest absolute Gasteiger partial charge is 0.253 e. The summed E-state index contributed by atoms with van der Waals surface area (Å²) in [6.45, 7) is 1.10. The number of carbonyl (C=O) groups excluding carboxylic acids is 1. The summed E-state index contributed by atoms with van der Waals surface area (Å²) in [6.07, 6.45) is 2.68. The van der Waals surface area contributed by atoms with Gasteiger partial charge in [0.2, 0.25) is 6.79 Å². The quantitative estimate of drug-likeness (QED) is 0.421. The molecule has 7 nitrogen and oxygen atoms in total. The Kier molecular flexibility index (Phi) is 4.04. The monoisotopic (exact) mass is 414 g/mol. The van der Waals surface area contributed by atoms with Crippen LogP contribution in [0.4, 0.5) is 0 Å². The highest BCUT2D eigenvalue weighted by Crippen LogP contribution is 2.43. The van der Waals surface area contributed by atoms with Gasteiger partial charge in [0, 0.05) is 48.0 Å². The highest BCUT2D eigenvalue weighted by molar-refractivity contribution is 5.96. The molecule has 0 fully saturated rings. The number of hydrogen-bond donors (Lipinski definition) is 3. The van der Waals surface area contributed by atoms with Crippen LogP contribution in [0, 0.1) is 0 Å². The maximum atomic E-state index is 12.8. The van der Waals surface area contributed by atoms with Crippen LogP contribution in [0.2, 0.25) is 0 Å². The van der Waals surface area contributed by atoms with Crippen molar-refractivity contribution in [1.29, 1.82) is 0 Å². The average Bonchev–Trinajstić information content (AvgIpc) is 3.51. The summed E-state index contributed by atoms with van der Waals surface area (Å²) < 4.78 is 13.3. The predicted octanol–water partition coefficient (Wildman–Crippen LogP) is 2.93. The first-order valence-corrected chi connectivity index (χ1v) is 10.4. The molecule has 1 unspecified atom stereocenters. The van der Waals surface area contributed by atoms with Crippen LogP contribution in [-0.2, 0) is 6.42 Å². The Balaban J connectivity index is 1.54. The Bertz CT molecular complexity index is 1320. The Morgan fingerprint density at radius 3 is 2.94 bits per heavy atom. The molecule has 7 heteroatoms.